The molecular weight excluding hydrogens is 422 g/mol. The van der Waals surface area contributed by atoms with Gasteiger partial charge in [0.2, 0.25) is 23.6 Å². The second-order valence-corrected chi connectivity index (χ2v) is 7.52. The van der Waals surface area contributed by atoms with Gasteiger partial charge in [0.25, 0.3) is 0 Å². The lowest BCUT2D eigenvalue weighted by molar-refractivity contribution is -0.142. The zero-order chi connectivity index (χ0) is 22.7. The number of aliphatic carboxylic acids is 1. The van der Waals surface area contributed by atoms with Crippen molar-refractivity contribution < 1.29 is 29.1 Å². The number of amides is 4. The largest absolute Gasteiger partial charge is 0.480 e. The molecule has 0 aromatic rings. The van der Waals surface area contributed by atoms with E-state index < -0.39 is 60.2 Å². The zero-order valence-corrected chi connectivity index (χ0v) is 18.0. The van der Waals surface area contributed by atoms with E-state index in [2.05, 4.69) is 41.2 Å². The maximum Gasteiger partial charge on any atom is 0.326 e. The first kappa shape index (κ1) is 27.0. The zero-order valence-electron chi connectivity index (χ0n) is 16.3. The number of carboxylic acid groups (broad SMARTS) is 1. The molecule has 0 fully saturated rings. The Morgan fingerprint density at radius 1 is 0.862 bits per heavy atom. The fourth-order valence-corrected chi connectivity index (χ4v) is 2.73. The Morgan fingerprint density at radius 2 is 1.28 bits per heavy atom. The molecule has 4 atom stereocenters. The van der Waals surface area contributed by atoms with E-state index in [0.29, 0.717) is 0 Å². The Morgan fingerprint density at radius 3 is 1.62 bits per heavy atom. The Labute approximate surface area is 179 Å². The molecule has 8 N–H and O–H groups in total. The van der Waals surface area contributed by atoms with Crippen molar-refractivity contribution in [3.63, 3.8) is 0 Å². The second kappa shape index (κ2) is 13.3. The number of thiol groups is 2. The van der Waals surface area contributed by atoms with Gasteiger partial charge in [0.05, 0.1) is 12.5 Å². The first-order chi connectivity index (χ1) is 13.4. The highest BCUT2D eigenvalue weighted by Gasteiger charge is 2.29. The third-order valence-electron chi connectivity index (χ3n) is 3.71. The SMILES string of the molecule is CC(C)CC(NC(=O)C(CS)NC(=O)C(CS)NC(=O)C(N)CC(N)=O)C(=O)O. The van der Waals surface area contributed by atoms with Crippen molar-refractivity contribution in [1.82, 2.24) is 16.0 Å². The molecule has 11 nitrogen and oxygen atoms in total. The number of hydrogen-bond acceptors (Lipinski definition) is 8. The predicted molar refractivity (Wildman–Crippen MR) is 112 cm³/mol. The van der Waals surface area contributed by atoms with Crippen LogP contribution in [-0.2, 0) is 24.0 Å². The quantitative estimate of drug-likeness (QED) is 0.143. The Kier molecular flexibility index (Phi) is 12.4. The maximum absolute atomic E-state index is 12.4. The molecule has 0 spiro atoms. The molecule has 29 heavy (non-hydrogen) atoms. The molecule has 0 radical (unpaired) electrons. The van der Waals surface area contributed by atoms with Crippen molar-refractivity contribution in [2.24, 2.45) is 17.4 Å². The summed E-state index contributed by atoms with van der Waals surface area (Å²) in [7, 11) is 0. The van der Waals surface area contributed by atoms with Crippen LogP contribution in [0.3, 0.4) is 0 Å². The van der Waals surface area contributed by atoms with Crippen molar-refractivity contribution in [3.8, 4) is 0 Å². The molecule has 0 aromatic heterocycles. The molecule has 4 unspecified atom stereocenters. The molecular formula is C16H29N5O6S2. The van der Waals surface area contributed by atoms with Crippen LogP contribution in [-0.4, -0.2) is 70.4 Å². The number of primary amides is 1. The van der Waals surface area contributed by atoms with Crippen molar-refractivity contribution >= 4 is 54.9 Å². The van der Waals surface area contributed by atoms with Crippen LogP contribution in [0, 0.1) is 5.92 Å². The molecule has 0 aromatic carbocycles. The van der Waals surface area contributed by atoms with E-state index in [1.807, 2.05) is 13.8 Å². The number of rotatable bonds is 13. The first-order valence-electron chi connectivity index (χ1n) is 8.82. The minimum atomic E-state index is -1.24. The number of nitrogens with two attached hydrogens (primary N) is 2. The molecule has 0 heterocycles. The van der Waals surface area contributed by atoms with E-state index in [9.17, 15) is 29.1 Å². The van der Waals surface area contributed by atoms with Crippen LogP contribution in [0.4, 0.5) is 0 Å². The third kappa shape index (κ3) is 10.4. The van der Waals surface area contributed by atoms with Crippen molar-refractivity contribution in [3.05, 3.63) is 0 Å². The first-order valence-corrected chi connectivity index (χ1v) is 10.1. The van der Waals surface area contributed by atoms with E-state index in [4.69, 9.17) is 11.5 Å². The Hall–Kier alpha value is -1.99. The summed E-state index contributed by atoms with van der Waals surface area (Å²) in [5.74, 6) is -4.43. The normalized spacial score (nSPS) is 15.0. The smallest absolute Gasteiger partial charge is 0.326 e. The molecule has 4 amide bonds. The van der Waals surface area contributed by atoms with E-state index in [1.165, 1.54) is 0 Å². The minimum Gasteiger partial charge on any atom is -0.480 e. The van der Waals surface area contributed by atoms with Gasteiger partial charge in [-0.15, -0.1) is 0 Å². The molecule has 0 rings (SSSR count). The fourth-order valence-electron chi connectivity index (χ4n) is 2.21. The summed E-state index contributed by atoms with van der Waals surface area (Å²) in [4.78, 5) is 58.8. The molecule has 0 bridgehead atoms. The van der Waals surface area contributed by atoms with Crippen LogP contribution < -0.4 is 27.4 Å². The van der Waals surface area contributed by atoms with Gasteiger partial charge >= 0.3 is 5.97 Å². The van der Waals surface area contributed by atoms with Gasteiger partial charge < -0.3 is 32.5 Å². The van der Waals surface area contributed by atoms with Gasteiger partial charge in [-0.1, -0.05) is 13.8 Å². The third-order valence-corrected chi connectivity index (χ3v) is 4.44. The topological polar surface area (TPSA) is 194 Å². The summed E-state index contributed by atoms with van der Waals surface area (Å²) in [5.41, 5.74) is 10.5. The molecule has 13 heteroatoms. The highest BCUT2D eigenvalue weighted by atomic mass is 32.1. The van der Waals surface area contributed by atoms with Crippen LogP contribution in [0.2, 0.25) is 0 Å². The summed E-state index contributed by atoms with van der Waals surface area (Å²) < 4.78 is 0. The number of carbonyl (C=O) groups excluding carboxylic acids is 4. The van der Waals surface area contributed by atoms with E-state index in [1.54, 1.807) is 0 Å². The van der Waals surface area contributed by atoms with Crippen LogP contribution in [0.5, 0.6) is 0 Å². The van der Waals surface area contributed by atoms with Gasteiger partial charge in [0.1, 0.15) is 18.1 Å². The van der Waals surface area contributed by atoms with E-state index in [0.717, 1.165) is 0 Å². The number of carboxylic acids is 1. The van der Waals surface area contributed by atoms with E-state index in [-0.39, 0.29) is 23.8 Å². The molecule has 0 saturated heterocycles. The summed E-state index contributed by atoms with van der Waals surface area (Å²) in [6, 6.07) is -4.64. The number of nitrogens with one attached hydrogen (secondary N) is 3. The number of carbonyl (C=O) groups is 5. The van der Waals surface area contributed by atoms with Gasteiger partial charge in [-0.25, -0.2) is 4.79 Å². The lowest BCUT2D eigenvalue weighted by atomic mass is 10.0. The molecule has 0 saturated carbocycles. The molecule has 0 aliphatic heterocycles. The average molecular weight is 452 g/mol. The van der Waals surface area contributed by atoms with Gasteiger partial charge in [0.15, 0.2) is 0 Å². The van der Waals surface area contributed by atoms with Crippen molar-refractivity contribution in [2.75, 3.05) is 11.5 Å². The summed E-state index contributed by atoms with van der Waals surface area (Å²) in [5, 5.41) is 16.3. The van der Waals surface area contributed by atoms with Crippen LogP contribution in [0.25, 0.3) is 0 Å². The van der Waals surface area contributed by atoms with Crippen molar-refractivity contribution in [2.45, 2.75) is 50.9 Å². The van der Waals surface area contributed by atoms with Gasteiger partial charge in [0, 0.05) is 11.5 Å². The lowest BCUT2D eigenvalue weighted by Crippen LogP contribution is -2.58. The van der Waals surface area contributed by atoms with Crippen LogP contribution in [0.15, 0.2) is 0 Å². The Balaban J connectivity index is 5.00. The van der Waals surface area contributed by atoms with Gasteiger partial charge in [-0.2, -0.15) is 25.3 Å². The maximum atomic E-state index is 12.4. The van der Waals surface area contributed by atoms with Crippen molar-refractivity contribution in [1.29, 1.82) is 0 Å². The Bertz CT molecular complexity index is 619. The highest BCUT2D eigenvalue weighted by Crippen LogP contribution is 2.06. The molecule has 166 valence electrons. The van der Waals surface area contributed by atoms with Gasteiger partial charge in [-0.3, -0.25) is 19.2 Å². The number of hydrogen-bond donors (Lipinski definition) is 8. The summed E-state index contributed by atoms with van der Waals surface area (Å²) >= 11 is 8.00. The predicted octanol–water partition coefficient (Wildman–Crippen LogP) is -2.37. The van der Waals surface area contributed by atoms with Crippen LogP contribution >= 0.6 is 25.3 Å². The molecule has 0 aliphatic rings. The standard InChI is InChI=1S/C16H29N5O6S2/c1-7(2)3-9(16(26)27)19-14(24)11(6-29)21-15(25)10(5-28)20-13(23)8(17)4-12(18)22/h7-11,28-29H,3-6,17H2,1-2H3,(H2,18,22)(H,19,24)(H,20,23)(H,21,25)(H,26,27). The fraction of sp³-hybridized carbons (Fsp3) is 0.688. The summed E-state index contributed by atoms with van der Waals surface area (Å²) in [6.45, 7) is 3.62. The van der Waals surface area contributed by atoms with Gasteiger partial charge in [-0.05, 0) is 12.3 Å². The monoisotopic (exact) mass is 451 g/mol. The molecule has 0 aliphatic carbocycles. The summed E-state index contributed by atoms with van der Waals surface area (Å²) in [6.07, 6.45) is -0.192. The van der Waals surface area contributed by atoms with Crippen LogP contribution in [0.1, 0.15) is 26.7 Å². The second-order valence-electron chi connectivity index (χ2n) is 6.79. The average Bonchev–Trinajstić information content (AvgIpc) is 2.61. The van der Waals surface area contributed by atoms with E-state index >= 15 is 0 Å². The lowest BCUT2D eigenvalue weighted by Gasteiger charge is -2.24. The highest BCUT2D eigenvalue weighted by molar-refractivity contribution is 7.80. The minimum absolute atomic E-state index is 0.0221.